The predicted octanol–water partition coefficient (Wildman–Crippen LogP) is 2.07. The van der Waals surface area contributed by atoms with Crippen LogP contribution < -0.4 is 0 Å². The molecule has 4 nitrogen and oxygen atoms in total. The molecule has 0 aliphatic rings. The second-order valence-electron chi connectivity index (χ2n) is 4.13. The van der Waals surface area contributed by atoms with Crippen molar-refractivity contribution in [1.82, 2.24) is 0 Å². The molecule has 0 aliphatic heterocycles. The number of carbonyl (C=O) groups is 2. The lowest BCUT2D eigenvalue weighted by Gasteiger charge is -2.23. The topological polar surface area (TPSA) is 52.6 Å². The number of ether oxygens (including phenoxy) is 2. The summed E-state index contributed by atoms with van der Waals surface area (Å²) < 4.78 is 33.6. The van der Waals surface area contributed by atoms with Crippen LogP contribution >= 0.6 is 0 Å². The lowest BCUT2D eigenvalue weighted by atomic mass is 9.96. The lowest BCUT2D eigenvalue weighted by molar-refractivity contribution is -0.149. The van der Waals surface area contributed by atoms with E-state index in [4.69, 9.17) is 0 Å². The molecule has 0 aliphatic carbocycles. The van der Waals surface area contributed by atoms with E-state index in [1.165, 1.54) is 0 Å². The summed E-state index contributed by atoms with van der Waals surface area (Å²) in [7, 11) is 0. The normalized spacial score (nSPS) is 10.6. The maximum atomic E-state index is 12.3. The van der Waals surface area contributed by atoms with Crippen LogP contribution in [0.2, 0.25) is 0 Å². The number of hydrogen-bond acceptors (Lipinski definition) is 4. The minimum atomic E-state index is -1.21. The Morgan fingerprint density at radius 2 is 1.29 bits per heavy atom. The van der Waals surface area contributed by atoms with E-state index in [2.05, 4.69) is 22.6 Å². The summed E-state index contributed by atoms with van der Waals surface area (Å²) in [5.41, 5.74) is -0.768. The highest BCUT2D eigenvalue weighted by atomic mass is 19.1. The Labute approximate surface area is 97.9 Å². The molecule has 0 aromatic heterocycles. The van der Waals surface area contributed by atoms with Crippen molar-refractivity contribution in [3.8, 4) is 0 Å². The first-order chi connectivity index (χ1) is 7.65. The van der Waals surface area contributed by atoms with Crippen molar-refractivity contribution >= 4 is 11.9 Å². The Morgan fingerprint density at radius 3 is 1.53 bits per heavy atom. The molecule has 0 unspecified atom stereocenters. The zero-order chi connectivity index (χ0) is 13.6. The van der Waals surface area contributed by atoms with E-state index < -0.39 is 29.0 Å². The van der Waals surface area contributed by atoms with Gasteiger partial charge in [-0.2, -0.15) is 8.78 Å². The van der Waals surface area contributed by atoms with Crippen LogP contribution in [0.5, 0.6) is 0 Å². The molecule has 0 saturated heterocycles. The van der Waals surface area contributed by atoms with Crippen LogP contribution in [0, 0.1) is 5.41 Å². The summed E-state index contributed by atoms with van der Waals surface area (Å²) in [5.74, 6) is -4.79. The van der Waals surface area contributed by atoms with E-state index in [0.717, 1.165) is 0 Å². The molecule has 0 bridgehead atoms. The fourth-order valence-electron chi connectivity index (χ4n) is 0.720. The molecule has 0 radical (unpaired) electrons. The van der Waals surface area contributed by atoms with Crippen molar-refractivity contribution in [2.75, 3.05) is 13.2 Å². The van der Waals surface area contributed by atoms with E-state index in [-0.39, 0.29) is 13.2 Å². The molecule has 0 spiro atoms. The second-order valence-corrected chi connectivity index (χ2v) is 4.13. The maximum absolute atomic E-state index is 12.3. The molecule has 0 N–H and O–H groups in total. The Hall–Kier alpha value is -1.72. The van der Waals surface area contributed by atoms with E-state index in [9.17, 15) is 18.4 Å². The molecule has 0 aromatic carbocycles. The summed E-state index contributed by atoms with van der Waals surface area (Å²) >= 11 is 0. The van der Waals surface area contributed by atoms with E-state index in [1.807, 2.05) is 0 Å². The van der Waals surface area contributed by atoms with Gasteiger partial charge in [0.05, 0.1) is 0 Å². The SMILES string of the molecule is C=C(F)C(=O)OCC(C)(C)COC(=O)C(=C)F. The van der Waals surface area contributed by atoms with Gasteiger partial charge in [0, 0.05) is 5.41 Å². The molecular weight excluding hydrogens is 234 g/mol. The van der Waals surface area contributed by atoms with Crippen molar-refractivity contribution in [3.63, 3.8) is 0 Å². The first-order valence-corrected chi connectivity index (χ1v) is 4.69. The van der Waals surface area contributed by atoms with Crippen LogP contribution in [0.1, 0.15) is 13.8 Å². The fraction of sp³-hybridized carbons (Fsp3) is 0.455. The molecule has 0 fully saturated rings. The number of rotatable bonds is 6. The Morgan fingerprint density at radius 1 is 1.00 bits per heavy atom. The first-order valence-electron chi connectivity index (χ1n) is 4.69. The summed E-state index contributed by atoms with van der Waals surface area (Å²) in [6.07, 6.45) is 0. The van der Waals surface area contributed by atoms with Crippen molar-refractivity contribution < 1.29 is 27.8 Å². The number of hydrogen-bond donors (Lipinski definition) is 0. The smallest absolute Gasteiger partial charge is 0.366 e. The zero-order valence-corrected chi connectivity index (χ0v) is 9.72. The molecule has 0 aromatic rings. The second kappa shape index (κ2) is 6.12. The van der Waals surface area contributed by atoms with Crippen LogP contribution in [0.15, 0.2) is 24.8 Å². The van der Waals surface area contributed by atoms with Crippen molar-refractivity contribution in [3.05, 3.63) is 24.8 Å². The van der Waals surface area contributed by atoms with E-state index in [1.54, 1.807) is 13.8 Å². The van der Waals surface area contributed by atoms with Crippen LogP contribution in [-0.4, -0.2) is 25.2 Å². The van der Waals surface area contributed by atoms with Crippen molar-refractivity contribution in [1.29, 1.82) is 0 Å². The number of halogens is 2. The molecule has 0 amide bonds. The molecule has 0 heterocycles. The standard InChI is InChI=1S/C11H14F2O4/c1-7(12)9(14)16-5-11(3,4)6-17-10(15)8(2)13/h1-2,5-6H2,3-4H3. The third-order valence-corrected chi connectivity index (χ3v) is 1.63. The minimum absolute atomic E-state index is 0.194. The number of esters is 2. The molecule has 17 heavy (non-hydrogen) atoms. The van der Waals surface area contributed by atoms with Crippen LogP contribution in [-0.2, 0) is 19.1 Å². The highest BCUT2D eigenvalue weighted by molar-refractivity contribution is 5.85. The van der Waals surface area contributed by atoms with Gasteiger partial charge in [0.1, 0.15) is 13.2 Å². The molecular formula is C11H14F2O4. The third-order valence-electron chi connectivity index (χ3n) is 1.63. The van der Waals surface area contributed by atoms with Gasteiger partial charge < -0.3 is 9.47 Å². The first kappa shape index (κ1) is 15.3. The van der Waals surface area contributed by atoms with Crippen molar-refractivity contribution in [2.24, 2.45) is 5.41 Å². The average Bonchev–Trinajstić information content (AvgIpc) is 2.22. The predicted molar refractivity (Wildman–Crippen MR) is 56.2 cm³/mol. The van der Waals surface area contributed by atoms with Crippen LogP contribution in [0.4, 0.5) is 8.78 Å². The Balaban J connectivity index is 4.12. The van der Waals surface area contributed by atoms with Gasteiger partial charge in [-0.15, -0.1) is 0 Å². The lowest BCUT2D eigenvalue weighted by Crippen LogP contribution is -2.28. The van der Waals surface area contributed by atoms with E-state index >= 15 is 0 Å². The summed E-state index contributed by atoms with van der Waals surface area (Å²) in [4.78, 5) is 21.5. The average molecular weight is 248 g/mol. The van der Waals surface area contributed by atoms with Gasteiger partial charge >= 0.3 is 11.9 Å². The summed E-state index contributed by atoms with van der Waals surface area (Å²) in [6, 6.07) is 0. The molecule has 0 atom stereocenters. The highest BCUT2D eigenvalue weighted by Gasteiger charge is 2.24. The van der Waals surface area contributed by atoms with E-state index in [0.29, 0.717) is 0 Å². The largest absolute Gasteiger partial charge is 0.460 e. The van der Waals surface area contributed by atoms with Crippen molar-refractivity contribution in [2.45, 2.75) is 13.8 Å². The Kier molecular flexibility index (Phi) is 5.50. The highest BCUT2D eigenvalue weighted by Crippen LogP contribution is 2.17. The van der Waals surface area contributed by atoms with Gasteiger partial charge in [0.25, 0.3) is 0 Å². The zero-order valence-electron chi connectivity index (χ0n) is 9.72. The third kappa shape index (κ3) is 6.44. The Bertz CT molecular complexity index is 315. The van der Waals surface area contributed by atoms with Crippen LogP contribution in [0.3, 0.4) is 0 Å². The van der Waals surface area contributed by atoms with Gasteiger partial charge in [0.15, 0.2) is 0 Å². The van der Waals surface area contributed by atoms with Gasteiger partial charge in [0.2, 0.25) is 11.7 Å². The quantitative estimate of drug-likeness (QED) is 0.533. The van der Waals surface area contributed by atoms with Gasteiger partial charge in [-0.25, -0.2) is 9.59 Å². The monoisotopic (exact) mass is 248 g/mol. The van der Waals surface area contributed by atoms with Gasteiger partial charge in [-0.3, -0.25) is 0 Å². The summed E-state index contributed by atoms with van der Waals surface area (Å²) in [5, 5.41) is 0. The minimum Gasteiger partial charge on any atom is -0.460 e. The summed E-state index contributed by atoms with van der Waals surface area (Å²) in [6.45, 7) is 8.33. The maximum Gasteiger partial charge on any atom is 0.366 e. The molecule has 6 heteroatoms. The van der Waals surface area contributed by atoms with Gasteiger partial charge in [-0.05, 0) is 0 Å². The van der Waals surface area contributed by atoms with Crippen LogP contribution in [0.25, 0.3) is 0 Å². The molecule has 96 valence electrons. The fourth-order valence-corrected chi connectivity index (χ4v) is 0.720. The molecule has 0 saturated carbocycles. The number of carbonyl (C=O) groups excluding carboxylic acids is 2. The molecule has 0 rings (SSSR count). The van der Waals surface area contributed by atoms with Gasteiger partial charge in [-0.1, -0.05) is 27.0 Å².